The summed E-state index contributed by atoms with van der Waals surface area (Å²) in [7, 11) is 0. The second-order valence-electron chi connectivity index (χ2n) is 10.3. The molecule has 2 aromatic rings. The molecule has 0 aromatic heterocycles. The molecule has 34 heavy (non-hydrogen) atoms. The van der Waals surface area contributed by atoms with Crippen LogP contribution in [0.4, 0.5) is 10.5 Å². The Morgan fingerprint density at radius 1 is 0.941 bits per heavy atom. The van der Waals surface area contributed by atoms with Crippen LogP contribution in [0.15, 0.2) is 42.5 Å². The molecular formula is C28H39N3O3. The predicted octanol–water partition coefficient (Wildman–Crippen LogP) is 5.19. The van der Waals surface area contributed by atoms with Crippen molar-refractivity contribution in [1.82, 2.24) is 9.80 Å². The van der Waals surface area contributed by atoms with Gasteiger partial charge in [0, 0.05) is 44.0 Å². The summed E-state index contributed by atoms with van der Waals surface area (Å²) in [6.07, 6.45) is 2.38. The zero-order chi connectivity index (χ0) is 24.1. The van der Waals surface area contributed by atoms with E-state index in [4.69, 9.17) is 9.47 Å². The highest BCUT2D eigenvalue weighted by molar-refractivity contribution is 5.75. The van der Waals surface area contributed by atoms with E-state index in [-0.39, 0.29) is 6.09 Å². The van der Waals surface area contributed by atoms with Gasteiger partial charge < -0.3 is 19.3 Å². The number of nitrogens with zero attached hydrogens (tertiary/aromatic N) is 3. The first kappa shape index (κ1) is 24.4. The van der Waals surface area contributed by atoms with E-state index >= 15 is 0 Å². The number of hydrogen-bond acceptors (Lipinski definition) is 5. The molecule has 0 bridgehead atoms. The molecule has 2 saturated heterocycles. The monoisotopic (exact) mass is 465 g/mol. The van der Waals surface area contributed by atoms with Crippen molar-refractivity contribution in [2.45, 2.75) is 46.1 Å². The van der Waals surface area contributed by atoms with Gasteiger partial charge in [0.05, 0.1) is 0 Å². The van der Waals surface area contributed by atoms with E-state index in [0.717, 1.165) is 36.5 Å². The molecule has 2 aromatic carbocycles. The second-order valence-corrected chi connectivity index (χ2v) is 10.3. The topological polar surface area (TPSA) is 45.2 Å². The summed E-state index contributed by atoms with van der Waals surface area (Å²) in [5.41, 5.74) is 4.27. The van der Waals surface area contributed by atoms with Gasteiger partial charge in [0.15, 0.2) is 0 Å². The van der Waals surface area contributed by atoms with Crippen LogP contribution in [0, 0.1) is 6.92 Å². The summed E-state index contributed by atoms with van der Waals surface area (Å²) in [6.45, 7) is 14.8. The summed E-state index contributed by atoms with van der Waals surface area (Å²) >= 11 is 0. The van der Waals surface area contributed by atoms with Crippen LogP contribution < -0.4 is 9.64 Å². The number of carbonyl (C=O) groups excluding carboxylic acids is 1. The summed E-state index contributed by atoms with van der Waals surface area (Å²) in [6, 6.07) is 14.9. The maximum Gasteiger partial charge on any atom is 0.410 e. The first-order valence-corrected chi connectivity index (χ1v) is 12.6. The zero-order valence-electron chi connectivity index (χ0n) is 21.2. The van der Waals surface area contributed by atoms with Crippen LogP contribution in [0.2, 0.25) is 0 Å². The first-order chi connectivity index (χ1) is 16.3. The van der Waals surface area contributed by atoms with Gasteiger partial charge in [-0.15, -0.1) is 0 Å². The van der Waals surface area contributed by atoms with Crippen molar-refractivity contribution < 1.29 is 14.3 Å². The summed E-state index contributed by atoms with van der Waals surface area (Å²) in [5, 5.41) is 0. The van der Waals surface area contributed by atoms with Crippen molar-refractivity contribution in [1.29, 1.82) is 0 Å². The maximum atomic E-state index is 12.4. The number of ether oxygens (including phenoxy) is 2. The molecule has 6 heteroatoms. The molecule has 0 radical (unpaired) electrons. The number of likely N-dealkylation sites (tertiary alicyclic amines) is 1. The Morgan fingerprint density at radius 3 is 2.35 bits per heavy atom. The predicted molar refractivity (Wildman–Crippen MR) is 138 cm³/mol. The highest BCUT2D eigenvalue weighted by Gasteiger charge is 2.26. The molecule has 2 aliphatic rings. The molecule has 4 rings (SSSR count). The van der Waals surface area contributed by atoms with Crippen LogP contribution in [0.3, 0.4) is 0 Å². The largest absolute Gasteiger partial charge is 0.492 e. The van der Waals surface area contributed by atoms with Crippen molar-refractivity contribution in [3.8, 4) is 16.9 Å². The van der Waals surface area contributed by atoms with Crippen molar-refractivity contribution in [2.75, 3.05) is 57.3 Å². The lowest BCUT2D eigenvalue weighted by molar-refractivity contribution is 0.0240. The minimum atomic E-state index is -0.469. The van der Waals surface area contributed by atoms with E-state index in [9.17, 15) is 4.79 Å². The summed E-state index contributed by atoms with van der Waals surface area (Å²) in [5.74, 6) is 0.936. The Kier molecular flexibility index (Phi) is 7.67. The highest BCUT2D eigenvalue weighted by Crippen LogP contribution is 2.34. The quantitative estimate of drug-likeness (QED) is 0.587. The number of carbonyl (C=O) groups is 1. The number of anilines is 1. The Bertz CT molecular complexity index is 971. The third kappa shape index (κ3) is 6.23. The molecule has 0 atom stereocenters. The molecule has 0 N–H and O–H groups in total. The maximum absolute atomic E-state index is 12.4. The van der Waals surface area contributed by atoms with Crippen LogP contribution in [0.1, 0.15) is 39.2 Å². The molecule has 6 nitrogen and oxygen atoms in total. The molecule has 184 valence electrons. The standard InChI is InChI=1S/C28H39N3O3/c1-22-11-12-23(24-9-5-6-10-26(24)33-20-19-29-13-7-8-14-29)21-25(22)30-15-17-31(18-16-30)27(32)34-28(2,3)4/h5-6,9-12,21H,7-8,13-20H2,1-4H3. The SMILES string of the molecule is Cc1ccc(-c2ccccc2OCCN2CCCC2)cc1N1CCN(C(=O)OC(C)(C)C)CC1. The van der Waals surface area contributed by atoms with Crippen LogP contribution >= 0.6 is 0 Å². The third-order valence-electron chi connectivity index (χ3n) is 6.54. The fraction of sp³-hybridized carbons (Fsp3) is 0.536. The van der Waals surface area contributed by atoms with Gasteiger partial charge in [-0.2, -0.15) is 0 Å². The number of hydrogen-bond donors (Lipinski definition) is 0. The Balaban J connectivity index is 1.43. The van der Waals surface area contributed by atoms with Gasteiger partial charge in [-0.1, -0.05) is 30.3 Å². The molecule has 0 saturated carbocycles. The van der Waals surface area contributed by atoms with Gasteiger partial charge in [-0.05, 0) is 76.9 Å². The van der Waals surface area contributed by atoms with Gasteiger partial charge in [-0.3, -0.25) is 4.90 Å². The van der Waals surface area contributed by atoms with E-state index in [2.05, 4.69) is 53.1 Å². The van der Waals surface area contributed by atoms with Gasteiger partial charge in [-0.25, -0.2) is 4.79 Å². The molecule has 0 unspecified atom stereocenters. The van der Waals surface area contributed by atoms with E-state index in [1.165, 1.54) is 37.2 Å². The van der Waals surface area contributed by atoms with E-state index in [1.54, 1.807) is 0 Å². The lowest BCUT2D eigenvalue weighted by Crippen LogP contribution is -2.50. The number of benzene rings is 2. The molecule has 2 aliphatic heterocycles. The summed E-state index contributed by atoms with van der Waals surface area (Å²) in [4.78, 5) is 19.1. The van der Waals surface area contributed by atoms with Gasteiger partial charge in [0.25, 0.3) is 0 Å². The lowest BCUT2D eigenvalue weighted by Gasteiger charge is -2.37. The van der Waals surface area contributed by atoms with Crippen LogP contribution in [-0.2, 0) is 4.74 Å². The molecule has 2 fully saturated rings. The average Bonchev–Trinajstić information content (AvgIpc) is 3.32. The van der Waals surface area contributed by atoms with Crippen LogP contribution in [0.25, 0.3) is 11.1 Å². The smallest absolute Gasteiger partial charge is 0.410 e. The number of rotatable bonds is 6. The van der Waals surface area contributed by atoms with Crippen molar-refractivity contribution in [3.63, 3.8) is 0 Å². The minimum Gasteiger partial charge on any atom is -0.492 e. The van der Waals surface area contributed by atoms with Crippen LogP contribution in [0.5, 0.6) is 5.75 Å². The van der Waals surface area contributed by atoms with E-state index in [0.29, 0.717) is 19.7 Å². The average molecular weight is 466 g/mol. The highest BCUT2D eigenvalue weighted by atomic mass is 16.6. The van der Waals surface area contributed by atoms with Gasteiger partial charge >= 0.3 is 6.09 Å². The third-order valence-corrected chi connectivity index (χ3v) is 6.54. The number of aryl methyl sites for hydroxylation is 1. The van der Waals surface area contributed by atoms with Crippen LogP contribution in [-0.4, -0.2) is 73.9 Å². The number of para-hydroxylation sites is 1. The lowest BCUT2D eigenvalue weighted by atomic mass is 10.0. The Morgan fingerprint density at radius 2 is 1.65 bits per heavy atom. The fourth-order valence-electron chi connectivity index (χ4n) is 4.70. The number of piperazine rings is 1. The van der Waals surface area contributed by atoms with Crippen molar-refractivity contribution in [3.05, 3.63) is 48.0 Å². The Hall–Kier alpha value is -2.73. The second kappa shape index (κ2) is 10.7. The molecular weight excluding hydrogens is 426 g/mol. The van der Waals surface area contributed by atoms with Gasteiger partial charge in [0.2, 0.25) is 0 Å². The molecule has 0 spiro atoms. The first-order valence-electron chi connectivity index (χ1n) is 12.6. The normalized spacial score (nSPS) is 17.2. The number of amides is 1. The minimum absolute atomic E-state index is 0.224. The zero-order valence-corrected chi connectivity index (χ0v) is 21.2. The van der Waals surface area contributed by atoms with Crippen molar-refractivity contribution >= 4 is 11.8 Å². The Labute approximate surface area is 204 Å². The fourth-order valence-corrected chi connectivity index (χ4v) is 4.70. The molecule has 1 amide bonds. The van der Waals surface area contributed by atoms with Gasteiger partial charge in [0.1, 0.15) is 18.0 Å². The molecule has 2 heterocycles. The molecule has 0 aliphatic carbocycles. The van der Waals surface area contributed by atoms with E-state index < -0.39 is 5.60 Å². The van der Waals surface area contributed by atoms with Crippen molar-refractivity contribution in [2.24, 2.45) is 0 Å². The summed E-state index contributed by atoms with van der Waals surface area (Å²) < 4.78 is 11.8. The van der Waals surface area contributed by atoms with E-state index in [1.807, 2.05) is 31.7 Å².